The second kappa shape index (κ2) is 5.92. The van der Waals surface area contributed by atoms with Gasteiger partial charge in [-0.25, -0.2) is 4.79 Å². The van der Waals surface area contributed by atoms with Crippen LogP contribution in [0.2, 0.25) is 0 Å². The highest BCUT2D eigenvalue weighted by atomic mass is 16.6. The third-order valence-corrected chi connectivity index (χ3v) is 4.65. The van der Waals surface area contributed by atoms with Gasteiger partial charge in [0, 0.05) is 38.0 Å². The number of likely N-dealkylation sites (N-methyl/N-ethyl adjacent to an activating group) is 1. The molecule has 0 N–H and O–H groups in total. The molecular weight excluding hydrogens is 294 g/mol. The van der Waals surface area contributed by atoms with Crippen molar-refractivity contribution >= 4 is 12.0 Å². The molecule has 0 unspecified atom stereocenters. The van der Waals surface area contributed by atoms with Crippen LogP contribution in [0.15, 0.2) is 24.3 Å². The summed E-state index contributed by atoms with van der Waals surface area (Å²) < 4.78 is 5.57. The Hall–Kier alpha value is -2.55. The van der Waals surface area contributed by atoms with Crippen LogP contribution in [0.5, 0.6) is 0 Å². The van der Waals surface area contributed by atoms with E-state index in [0.717, 1.165) is 0 Å². The van der Waals surface area contributed by atoms with E-state index in [-0.39, 0.29) is 12.0 Å². The number of ether oxygens (including phenoxy) is 1. The highest BCUT2D eigenvalue weighted by molar-refractivity contribution is 5.94. The number of likely N-dealkylation sites (tertiary alicyclic amines) is 1. The Morgan fingerprint density at radius 3 is 2.48 bits per heavy atom. The largest absolute Gasteiger partial charge is 0.441 e. The van der Waals surface area contributed by atoms with Crippen molar-refractivity contribution in [2.45, 2.75) is 25.4 Å². The smallest absolute Gasteiger partial charge is 0.410 e. The molecule has 2 heterocycles. The fraction of sp³-hybridized carbons (Fsp3) is 0.471. The Morgan fingerprint density at radius 2 is 1.96 bits per heavy atom. The normalized spacial score (nSPS) is 19.6. The predicted molar refractivity (Wildman–Crippen MR) is 82.8 cm³/mol. The summed E-state index contributed by atoms with van der Waals surface area (Å²) in [5.74, 6) is -0.0407. The van der Waals surface area contributed by atoms with E-state index in [9.17, 15) is 9.59 Å². The number of rotatable bonds is 2. The molecule has 2 aliphatic heterocycles. The number of piperidine rings is 1. The molecule has 6 heteroatoms. The van der Waals surface area contributed by atoms with Gasteiger partial charge in [0.2, 0.25) is 0 Å². The van der Waals surface area contributed by atoms with Crippen molar-refractivity contribution in [2.75, 3.05) is 26.2 Å². The average Bonchev–Trinajstić information content (AvgIpc) is 2.90. The van der Waals surface area contributed by atoms with Crippen molar-refractivity contribution in [3.8, 4) is 6.07 Å². The van der Waals surface area contributed by atoms with Crippen LogP contribution in [0.25, 0.3) is 0 Å². The minimum absolute atomic E-state index is 0.0407. The molecule has 1 aromatic carbocycles. The molecule has 23 heavy (non-hydrogen) atoms. The molecule has 120 valence electrons. The van der Waals surface area contributed by atoms with E-state index in [1.54, 1.807) is 34.1 Å². The molecule has 1 spiro atoms. The Labute approximate surface area is 135 Å². The third kappa shape index (κ3) is 2.87. The molecule has 3 rings (SSSR count). The SMILES string of the molecule is CCN1CC2(CCN(C(=O)c3ccc(C#N)cc3)CC2)OC1=O. The van der Waals surface area contributed by atoms with Crippen molar-refractivity contribution in [3.63, 3.8) is 0 Å². The van der Waals surface area contributed by atoms with Gasteiger partial charge in [0.1, 0.15) is 5.60 Å². The van der Waals surface area contributed by atoms with E-state index < -0.39 is 5.60 Å². The first-order valence-corrected chi connectivity index (χ1v) is 7.84. The van der Waals surface area contributed by atoms with Gasteiger partial charge in [-0.2, -0.15) is 5.26 Å². The summed E-state index contributed by atoms with van der Waals surface area (Å²) in [6.07, 6.45) is 1.08. The number of amides is 2. The number of carbonyl (C=O) groups excluding carboxylic acids is 2. The second-order valence-electron chi connectivity index (χ2n) is 6.05. The van der Waals surface area contributed by atoms with Crippen LogP contribution in [0.3, 0.4) is 0 Å². The van der Waals surface area contributed by atoms with Crippen molar-refractivity contribution in [3.05, 3.63) is 35.4 Å². The zero-order valence-electron chi connectivity index (χ0n) is 13.1. The molecule has 1 aromatic rings. The maximum atomic E-state index is 12.5. The van der Waals surface area contributed by atoms with Crippen molar-refractivity contribution in [1.82, 2.24) is 9.80 Å². The van der Waals surface area contributed by atoms with E-state index in [1.807, 2.05) is 13.0 Å². The average molecular weight is 313 g/mol. The molecule has 2 aliphatic rings. The van der Waals surface area contributed by atoms with Gasteiger partial charge in [-0.3, -0.25) is 4.79 Å². The highest BCUT2D eigenvalue weighted by Crippen LogP contribution is 2.33. The summed E-state index contributed by atoms with van der Waals surface area (Å²) in [5.41, 5.74) is 0.685. The Kier molecular flexibility index (Phi) is 3.95. The lowest BCUT2D eigenvalue weighted by molar-refractivity contribution is 0.00314. The van der Waals surface area contributed by atoms with Crippen LogP contribution in [0.4, 0.5) is 4.79 Å². The van der Waals surface area contributed by atoms with Gasteiger partial charge in [-0.05, 0) is 31.2 Å². The number of hydrogen-bond donors (Lipinski definition) is 0. The molecule has 0 aromatic heterocycles. The van der Waals surface area contributed by atoms with Crippen molar-refractivity contribution < 1.29 is 14.3 Å². The summed E-state index contributed by atoms with van der Waals surface area (Å²) in [6.45, 7) is 4.34. The van der Waals surface area contributed by atoms with Crippen molar-refractivity contribution in [2.24, 2.45) is 0 Å². The number of carbonyl (C=O) groups is 2. The zero-order valence-corrected chi connectivity index (χ0v) is 13.1. The van der Waals surface area contributed by atoms with E-state index >= 15 is 0 Å². The molecule has 0 aliphatic carbocycles. The molecule has 2 saturated heterocycles. The molecule has 2 amide bonds. The first kappa shape index (κ1) is 15.3. The lowest BCUT2D eigenvalue weighted by atomic mass is 9.91. The topological polar surface area (TPSA) is 73.6 Å². The summed E-state index contributed by atoms with van der Waals surface area (Å²) in [5, 5.41) is 8.81. The minimum atomic E-state index is -0.436. The minimum Gasteiger partial charge on any atom is -0.441 e. The van der Waals surface area contributed by atoms with Gasteiger partial charge >= 0.3 is 6.09 Å². The summed E-state index contributed by atoms with van der Waals surface area (Å²) >= 11 is 0. The second-order valence-corrected chi connectivity index (χ2v) is 6.05. The monoisotopic (exact) mass is 313 g/mol. The van der Waals surface area contributed by atoms with Gasteiger partial charge in [0.05, 0.1) is 18.2 Å². The van der Waals surface area contributed by atoms with Gasteiger partial charge in [0.25, 0.3) is 5.91 Å². The van der Waals surface area contributed by atoms with Crippen LogP contribution >= 0.6 is 0 Å². The van der Waals surface area contributed by atoms with Gasteiger partial charge in [-0.15, -0.1) is 0 Å². The number of nitriles is 1. The van der Waals surface area contributed by atoms with Crippen LogP contribution in [0.1, 0.15) is 35.7 Å². The standard InChI is InChI=1S/C17H19N3O3/c1-2-19-12-17(23-16(19)22)7-9-20(10-8-17)15(21)14-5-3-13(11-18)4-6-14/h3-6H,2,7-10,12H2,1H3. The van der Waals surface area contributed by atoms with Gasteiger partial charge in [0.15, 0.2) is 0 Å². The maximum Gasteiger partial charge on any atom is 0.410 e. The first-order chi connectivity index (χ1) is 11.1. The molecular formula is C17H19N3O3. The Bertz CT molecular complexity index is 655. The van der Waals surface area contributed by atoms with E-state index in [4.69, 9.17) is 10.00 Å². The van der Waals surface area contributed by atoms with Crippen LogP contribution in [-0.2, 0) is 4.74 Å². The van der Waals surface area contributed by atoms with Gasteiger partial charge < -0.3 is 14.5 Å². The van der Waals surface area contributed by atoms with Crippen LogP contribution in [0, 0.1) is 11.3 Å². The number of hydrogen-bond acceptors (Lipinski definition) is 4. The van der Waals surface area contributed by atoms with E-state index in [2.05, 4.69) is 0 Å². The number of nitrogens with zero attached hydrogens (tertiary/aromatic N) is 3. The highest BCUT2D eigenvalue weighted by Gasteiger charge is 2.46. The molecule has 6 nitrogen and oxygen atoms in total. The quantitative estimate of drug-likeness (QED) is 0.837. The van der Waals surface area contributed by atoms with Crippen LogP contribution < -0.4 is 0 Å². The molecule has 0 saturated carbocycles. The molecule has 0 atom stereocenters. The lowest BCUT2D eigenvalue weighted by Crippen LogP contribution is -2.48. The first-order valence-electron chi connectivity index (χ1n) is 7.84. The maximum absolute atomic E-state index is 12.5. The summed E-state index contributed by atoms with van der Waals surface area (Å²) in [7, 11) is 0. The summed E-state index contributed by atoms with van der Waals surface area (Å²) in [4.78, 5) is 27.8. The predicted octanol–water partition coefficient (Wildman–Crippen LogP) is 2.01. The van der Waals surface area contributed by atoms with E-state index in [0.29, 0.717) is 50.1 Å². The fourth-order valence-corrected chi connectivity index (χ4v) is 3.18. The van der Waals surface area contributed by atoms with Crippen molar-refractivity contribution in [1.29, 1.82) is 5.26 Å². The summed E-state index contributed by atoms with van der Waals surface area (Å²) in [6, 6.07) is 8.70. The number of benzene rings is 1. The third-order valence-electron chi connectivity index (χ3n) is 4.65. The van der Waals surface area contributed by atoms with Gasteiger partial charge in [-0.1, -0.05) is 0 Å². The van der Waals surface area contributed by atoms with Crippen LogP contribution in [-0.4, -0.2) is 53.6 Å². The molecule has 0 bridgehead atoms. The molecule has 0 radical (unpaired) electrons. The van der Waals surface area contributed by atoms with E-state index in [1.165, 1.54) is 0 Å². The zero-order chi connectivity index (χ0) is 16.4. The Balaban J connectivity index is 1.63. The lowest BCUT2D eigenvalue weighted by Gasteiger charge is -2.37. The Morgan fingerprint density at radius 1 is 1.30 bits per heavy atom. The fourth-order valence-electron chi connectivity index (χ4n) is 3.18. The molecule has 2 fully saturated rings.